The molecule has 7 heteroatoms. The van der Waals surface area contributed by atoms with Crippen molar-refractivity contribution in [1.29, 1.82) is 0 Å². The van der Waals surface area contributed by atoms with Gasteiger partial charge in [0.05, 0.1) is 10.5 Å². The number of halogens is 1. The minimum atomic E-state index is 0.443. The van der Waals surface area contributed by atoms with Crippen molar-refractivity contribution < 1.29 is 0 Å². The van der Waals surface area contributed by atoms with Gasteiger partial charge in [0.2, 0.25) is 11.9 Å². The lowest BCUT2D eigenvalue weighted by atomic mass is 9.92. The van der Waals surface area contributed by atoms with E-state index in [1.54, 1.807) is 12.4 Å². The molecular formula is C15H17BrN6. The summed E-state index contributed by atoms with van der Waals surface area (Å²) in [6, 6.07) is 2.30. The van der Waals surface area contributed by atoms with Crippen molar-refractivity contribution >= 4 is 27.8 Å². The molecule has 2 fully saturated rings. The minimum Gasteiger partial charge on any atom is -0.339 e. The SMILES string of the molecule is Brc1cnc(N2CCC3CCN(c4ncccn4)CC32)nc1. The molecule has 0 aromatic carbocycles. The highest BCUT2D eigenvalue weighted by atomic mass is 79.9. The Bertz CT molecular complexity index is 634. The topological polar surface area (TPSA) is 58.0 Å². The van der Waals surface area contributed by atoms with Gasteiger partial charge in [-0.05, 0) is 40.8 Å². The molecule has 2 aromatic heterocycles. The van der Waals surface area contributed by atoms with Crippen LogP contribution in [0.5, 0.6) is 0 Å². The quantitative estimate of drug-likeness (QED) is 0.817. The molecule has 2 atom stereocenters. The zero-order valence-electron chi connectivity index (χ0n) is 12.1. The van der Waals surface area contributed by atoms with Crippen LogP contribution in [-0.4, -0.2) is 45.6 Å². The van der Waals surface area contributed by atoms with E-state index in [0.717, 1.165) is 36.0 Å². The van der Waals surface area contributed by atoms with Crippen molar-refractivity contribution in [2.75, 3.05) is 29.4 Å². The molecule has 0 amide bonds. The highest BCUT2D eigenvalue weighted by Gasteiger charge is 2.40. The number of hydrogen-bond acceptors (Lipinski definition) is 6. The van der Waals surface area contributed by atoms with E-state index in [9.17, 15) is 0 Å². The number of anilines is 2. The average Bonchev–Trinajstić information content (AvgIpc) is 2.99. The van der Waals surface area contributed by atoms with Crippen LogP contribution in [0.2, 0.25) is 0 Å². The van der Waals surface area contributed by atoms with E-state index in [2.05, 4.69) is 45.7 Å². The van der Waals surface area contributed by atoms with Crippen molar-refractivity contribution in [1.82, 2.24) is 19.9 Å². The molecule has 0 N–H and O–H groups in total. The van der Waals surface area contributed by atoms with Gasteiger partial charge in [-0.25, -0.2) is 19.9 Å². The van der Waals surface area contributed by atoms with Crippen LogP contribution in [0.3, 0.4) is 0 Å². The Kier molecular flexibility index (Phi) is 3.65. The van der Waals surface area contributed by atoms with Crippen LogP contribution >= 0.6 is 15.9 Å². The van der Waals surface area contributed by atoms with Crippen LogP contribution in [0.1, 0.15) is 12.8 Å². The lowest BCUT2D eigenvalue weighted by Crippen LogP contribution is -2.49. The molecule has 6 nitrogen and oxygen atoms in total. The lowest BCUT2D eigenvalue weighted by Gasteiger charge is -2.38. The predicted molar refractivity (Wildman–Crippen MR) is 87.8 cm³/mol. The number of piperidine rings is 1. The van der Waals surface area contributed by atoms with E-state index in [-0.39, 0.29) is 0 Å². The van der Waals surface area contributed by atoms with Crippen molar-refractivity contribution in [3.63, 3.8) is 0 Å². The molecule has 114 valence electrons. The maximum atomic E-state index is 4.47. The highest BCUT2D eigenvalue weighted by Crippen LogP contribution is 2.34. The van der Waals surface area contributed by atoms with Crippen LogP contribution in [0.15, 0.2) is 35.3 Å². The summed E-state index contributed by atoms with van der Waals surface area (Å²) in [5, 5.41) is 0. The van der Waals surface area contributed by atoms with Crippen LogP contribution in [0, 0.1) is 5.92 Å². The van der Waals surface area contributed by atoms with E-state index >= 15 is 0 Å². The Labute approximate surface area is 137 Å². The summed E-state index contributed by atoms with van der Waals surface area (Å²) >= 11 is 3.39. The van der Waals surface area contributed by atoms with Gasteiger partial charge in [0.1, 0.15) is 0 Å². The van der Waals surface area contributed by atoms with Gasteiger partial charge in [-0.2, -0.15) is 0 Å². The molecule has 2 aromatic rings. The first kappa shape index (κ1) is 13.9. The largest absolute Gasteiger partial charge is 0.339 e. The van der Waals surface area contributed by atoms with Crippen LogP contribution in [0.25, 0.3) is 0 Å². The highest BCUT2D eigenvalue weighted by molar-refractivity contribution is 9.10. The third-order valence-electron chi connectivity index (χ3n) is 4.56. The normalized spacial score (nSPS) is 24.4. The zero-order valence-corrected chi connectivity index (χ0v) is 13.7. The van der Waals surface area contributed by atoms with Crippen LogP contribution < -0.4 is 9.80 Å². The second-order valence-electron chi connectivity index (χ2n) is 5.79. The van der Waals surface area contributed by atoms with Crippen molar-refractivity contribution in [3.8, 4) is 0 Å². The Morgan fingerprint density at radius 2 is 1.68 bits per heavy atom. The average molecular weight is 361 g/mol. The van der Waals surface area contributed by atoms with E-state index in [0.29, 0.717) is 12.0 Å². The summed E-state index contributed by atoms with van der Waals surface area (Å²) in [7, 11) is 0. The van der Waals surface area contributed by atoms with Crippen molar-refractivity contribution in [2.45, 2.75) is 18.9 Å². The van der Waals surface area contributed by atoms with Crippen molar-refractivity contribution in [3.05, 3.63) is 35.3 Å². The molecule has 2 unspecified atom stereocenters. The maximum absolute atomic E-state index is 4.47. The van der Waals surface area contributed by atoms with Gasteiger partial charge in [0, 0.05) is 44.4 Å². The predicted octanol–water partition coefficient (Wildman–Crippen LogP) is 2.13. The Morgan fingerprint density at radius 3 is 2.45 bits per heavy atom. The van der Waals surface area contributed by atoms with Gasteiger partial charge < -0.3 is 9.80 Å². The first-order valence-corrected chi connectivity index (χ1v) is 8.37. The maximum Gasteiger partial charge on any atom is 0.225 e. The summed E-state index contributed by atoms with van der Waals surface area (Å²) in [5.74, 6) is 2.36. The third-order valence-corrected chi connectivity index (χ3v) is 4.97. The monoisotopic (exact) mass is 360 g/mol. The molecule has 22 heavy (non-hydrogen) atoms. The van der Waals surface area contributed by atoms with Gasteiger partial charge >= 0.3 is 0 Å². The summed E-state index contributed by atoms with van der Waals surface area (Å²) in [6.45, 7) is 2.99. The second kappa shape index (κ2) is 5.79. The number of nitrogens with zero attached hydrogens (tertiary/aromatic N) is 6. The standard InChI is InChI=1S/C15H17BrN6/c16-12-8-19-15(20-9-12)22-7-3-11-2-6-21(10-13(11)22)14-17-4-1-5-18-14/h1,4-5,8-9,11,13H,2-3,6-7,10H2. The smallest absolute Gasteiger partial charge is 0.225 e. The molecule has 4 heterocycles. The minimum absolute atomic E-state index is 0.443. The van der Waals surface area contributed by atoms with E-state index in [1.165, 1.54) is 12.8 Å². The Hall–Kier alpha value is -1.76. The second-order valence-corrected chi connectivity index (χ2v) is 6.71. The summed E-state index contributed by atoms with van der Waals surface area (Å²) in [5.41, 5.74) is 0. The lowest BCUT2D eigenvalue weighted by molar-refractivity contribution is 0.386. The zero-order chi connectivity index (χ0) is 14.9. The molecule has 0 aliphatic carbocycles. The molecule has 2 aliphatic rings. The van der Waals surface area contributed by atoms with Gasteiger partial charge in [-0.15, -0.1) is 0 Å². The molecule has 0 spiro atoms. The Morgan fingerprint density at radius 1 is 0.955 bits per heavy atom. The van der Waals surface area contributed by atoms with Gasteiger partial charge in [0.25, 0.3) is 0 Å². The van der Waals surface area contributed by atoms with E-state index < -0.39 is 0 Å². The number of aromatic nitrogens is 4. The Balaban J connectivity index is 1.56. The summed E-state index contributed by atoms with van der Waals surface area (Å²) < 4.78 is 0.912. The van der Waals surface area contributed by atoms with Gasteiger partial charge in [-0.3, -0.25) is 0 Å². The van der Waals surface area contributed by atoms with Crippen LogP contribution in [-0.2, 0) is 0 Å². The fourth-order valence-corrected chi connectivity index (χ4v) is 3.68. The molecule has 2 aliphatic heterocycles. The van der Waals surface area contributed by atoms with Crippen molar-refractivity contribution in [2.24, 2.45) is 5.92 Å². The fourth-order valence-electron chi connectivity index (χ4n) is 3.48. The molecule has 0 bridgehead atoms. The van der Waals surface area contributed by atoms with E-state index in [4.69, 9.17) is 0 Å². The van der Waals surface area contributed by atoms with Gasteiger partial charge in [-0.1, -0.05) is 0 Å². The van der Waals surface area contributed by atoms with Crippen LogP contribution in [0.4, 0.5) is 11.9 Å². The fraction of sp³-hybridized carbons (Fsp3) is 0.467. The first-order valence-electron chi connectivity index (χ1n) is 7.57. The molecular weight excluding hydrogens is 344 g/mol. The molecule has 0 radical (unpaired) electrons. The summed E-state index contributed by atoms with van der Waals surface area (Å²) in [6.07, 6.45) is 9.63. The van der Waals surface area contributed by atoms with E-state index in [1.807, 2.05) is 18.5 Å². The summed E-state index contributed by atoms with van der Waals surface area (Å²) in [4.78, 5) is 22.3. The number of hydrogen-bond donors (Lipinski definition) is 0. The molecule has 4 rings (SSSR count). The first-order chi connectivity index (χ1) is 10.8. The number of fused-ring (bicyclic) bond motifs is 1. The number of rotatable bonds is 2. The van der Waals surface area contributed by atoms with Gasteiger partial charge in [0.15, 0.2) is 0 Å². The molecule has 2 saturated heterocycles. The third kappa shape index (κ3) is 2.54. The molecule has 0 saturated carbocycles.